The molecule has 0 saturated heterocycles. The molecule has 2 heterocycles. The van der Waals surface area contributed by atoms with Gasteiger partial charge in [0.25, 0.3) is 11.5 Å². The molecule has 0 fully saturated rings. The number of nitrogen functional groups attached to an aromatic ring is 1. The lowest BCUT2D eigenvalue weighted by atomic mass is 9.97. The van der Waals surface area contributed by atoms with Gasteiger partial charge in [0.15, 0.2) is 0 Å². The number of nitrogens with one attached hydrogen (secondary N) is 1. The van der Waals surface area contributed by atoms with Crippen molar-refractivity contribution < 1.29 is 9.59 Å². The molecule has 0 aliphatic carbocycles. The number of aromatic nitrogens is 2. The highest BCUT2D eigenvalue weighted by Gasteiger charge is 2.20. The molecule has 2 aromatic heterocycles. The van der Waals surface area contributed by atoms with E-state index < -0.39 is 5.91 Å². The highest BCUT2D eigenvalue weighted by molar-refractivity contribution is 6.09. The van der Waals surface area contributed by atoms with Gasteiger partial charge in [-0.25, -0.2) is 4.68 Å². The van der Waals surface area contributed by atoms with Crippen molar-refractivity contribution in [1.82, 2.24) is 14.6 Å². The number of amides is 2. The minimum atomic E-state index is -0.839. The Morgan fingerprint density at radius 1 is 1.00 bits per heavy atom. The minimum Gasteiger partial charge on any atom is -0.348 e. The summed E-state index contributed by atoms with van der Waals surface area (Å²) < 4.78 is 3.19. The number of rotatable bonds is 6. The normalized spacial score (nSPS) is 11.2. The molecule has 190 valence electrons. The summed E-state index contributed by atoms with van der Waals surface area (Å²) in [7, 11) is 0. The van der Waals surface area contributed by atoms with Gasteiger partial charge in [0.2, 0.25) is 0 Å². The van der Waals surface area contributed by atoms with Crippen LogP contribution in [-0.4, -0.2) is 21.1 Å². The quantitative estimate of drug-likeness (QED) is 0.298. The fourth-order valence-corrected chi connectivity index (χ4v) is 4.64. The van der Waals surface area contributed by atoms with Gasteiger partial charge in [-0.05, 0) is 87.2 Å². The first-order valence-corrected chi connectivity index (χ1v) is 11.9. The van der Waals surface area contributed by atoms with E-state index in [9.17, 15) is 19.3 Å². The van der Waals surface area contributed by atoms with Gasteiger partial charge in [-0.3, -0.25) is 14.4 Å². The number of hydrogen-bond acceptors (Lipinski definition) is 5. The molecule has 0 atom stereocenters. The smallest absolute Gasteiger partial charge is 0.316 e. The van der Waals surface area contributed by atoms with Gasteiger partial charge in [-0.1, -0.05) is 12.1 Å². The third-order valence-corrected chi connectivity index (χ3v) is 6.66. The summed E-state index contributed by atoms with van der Waals surface area (Å²) in [5.74, 6) is 4.70. The van der Waals surface area contributed by atoms with Crippen LogP contribution in [-0.2, 0) is 6.54 Å². The van der Waals surface area contributed by atoms with E-state index in [1.165, 1.54) is 12.1 Å². The van der Waals surface area contributed by atoms with Crippen LogP contribution >= 0.6 is 0 Å². The lowest BCUT2D eigenvalue weighted by molar-refractivity contribution is 0.0951. The second kappa shape index (κ2) is 9.85. The molecule has 4 aromatic rings. The molecule has 9 heteroatoms. The van der Waals surface area contributed by atoms with E-state index in [2.05, 4.69) is 28.9 Å². The highest BCUT2D eigenvalue weighted by Crippen LogP contribution is 2.33. The van der Waals surface area contributed by atoms with Crippen molar-refractivity contribution >= 4 is 22.7 Å². The average molecular weight is 500 g/mol. The number of nitroso groups, excluding NO2 is 1. The molecule has 0 saturated carbocycles. The van der Waals surface area contributed by atoms with Gasteiger partial charge in [-0.15, -0.1) is 4.91 Å². The van der Waals surface area contributed by atoms with Crippen LogP contribution in [0.4, 0.5) is 0 Å². The molecule has 37 heavy (non-hydrogen) atoms. The van der Waals surface area contributed by atoms with Crippen LogP contribution < -0.4 is 16.7 Å². The van der Waals surface area contributed by atoms with E-state index in [0.717, 1.165) is 37.8 Å². The number of fused-ring (bicyclic) bond motifs is 1. The zero-order valence-electron chi connectivity index (χ0n) is 21.5. The predicted octanol–water partition coefficient (Wildman–Crippen LogP) is 4.53. The van der Waals surface area contributed by atoms with E-state index in [-0.39, 0.29) is 29.6 Å². The first-order chi connectivity index (χ1) is 17.5. The maximum atomic E-state index is 13.6. The maximum absolute atomic E-state index is 13.6. The Labute approximate surface area is 213 Å². The molecular formula is C28H29N5O4. The summed E-state index contributed by atoms with van der Waals surface area (Å²) >= 11 is 0. The van der Waals surface area contributed by atoms with Gasteiger partial charge in [0.1, 0.15) is 0 Å². The number of carbonyl (C=O) groups is 2. The van der Waals surface area contributed by atoms with E-state index in [0.29, 0.717) is 16.8 Å². The van der Waals surface area contributed by atoms with Gasteiger partial charge < -0.3 is 15.7 Å². The number of benzene rings is 2. The Morgan fingerprint density at radius 2 is 1.68 bits per heavy atom. The third-order valence-electron chi connectivity index (χ3n) is 6.66. The summed E-state index contributed by atoms with van der Waals surface area (Å²) in [6.45, 7) is 9.69. The summed E-state index contributed by atoms with van der Waals surface area (Å²) in [6, 6.07) is 12.3. The van der Waals surface area contributed by atoms with Gasteiger partial charge in [0, 0.05) is 57.2 Å². The van der Waals surface area contributed by atoms with E-state index in [4.69, 9.17) is 5.84 Å². The number of nitrogens with zero attached hydrogens (tertiary/aromatic N) is 3. The van der Waals surface area contributed by atoms with E-state index >= 15 is 0 Å². The lowest BCUT2D eigenvalue weighted by Crippen LogP contribution is -2.35. The van der Waals surface area contributed by atoms with Crippen LogP contribution in [0.1, 0.15) is 63.0 Å². The largest absolute Gasteiger partial charge is 0.348 e. The maximum Gasteiger partial charge on any atom is 0.316 e. The fraction of sp³-hybridized carbons (Fsp3) is 0.250. The molecule has 0 bridgehead atoms. The van der Waals surface area contributed by atoms with Crippen molar-refractivity contribution in [2.45, 2.75) is 47.2 Å². The number of hydrogen-bond donors (Lipinski definition) is 2. The molecule has 0 aliphatic rings. The van der Waals surface area contributed by atoms with E-state index in [1.807, 2.05) is 32.2 Å². The van der Waals surface area contributed by atoms with Crippen molar-refractivity contribution in [2.75, 3.05) is 5.84 Å². The molecule has 0 spiro atoms. The first-order valence-electron chi connectivity index (χ1n) is 11.9. The van der Waals surface area contributed by atoms with Gasteiger partial charge >= 0.3 is 5.91 Å². The zero-order valence-corrected chi connectivity index (χ0v) is 21.5. The van der Waals surface area contributed by atoms with Gasteiger partial charge in [-0.2, -0.15) is 0 Å². The molecule has 9 nitrogen and oxygen atoms in total. The first kappa shape index (κ1) is 25.6. The summed E-state index contributed by atoms with van der Waals surface area (Å²) in [5.41, 5.74) is 5.51. The van der Waals surface area contributed by atoms with Crippen molar-refractivity contribution in [3.05, 3.63) is 97.4 Å². The summed E-state index contributed by atoms with van der Waals surface area (Å²) in [4.78, 5) is 48.4. The highest BCUT2D eigenvalue weighted by atomic mass is 16.3. The predicted molar refractivity (Wildman–Crippen MR) is 144 cm³/mol. The zero-order chi connectivity index (χ0) is 27.0. The fourth-order valence-electron chi connectivity index (χ4n) is 4.64. The van der Waals surface area contributed by atoms with Crippen LogP contribution in [0, 0.1) is 25.7 Å². The Kier molecular flexibility index (Phi) is 6.80. The monoisotopic (exact) mass is 499 g/mol. The van der Waals surface area contributed by atoms with Crippen molar-refractivity contribution in [3.63, 3.8) is 0 Å². The molecule has 2 aromatic carbocycles. The van der Waals surface area contributed by atoms with Crippen molar-refractivity contribution in [3.8, 4) is 11.1 Å². The van der Waals surface area contributed by atoms with Crippen LogP contribution in [0.2, 0.25) is 0 Å². The Morgan fingerprint density at radius 3 is 2.30 bits per heavy atom. The van der Waals surface area contributed by atoms with Crippen LogP contribution in [0.3, 0.4) is 0 Å². The minimum absolute atomic E-state index is 0.0339. The number of aryl methyl sites for hydroxylation is 3. The molecule has 3 N–H and O–H groups in total. The summed E-state index contributed by atoms with van der Waals surface area (Å²) in [5, 5.41) is 6.19. The average Bonchev–Trinajstić information content (AvgIpc) is 3.22. The molecule has 2 amide bonds. The lowest BCUT2D eigenvalue weighted by Gasteiger charge is -2.14. The number of nitrogens with two attached hydrogens (primary N) is 1. The Bertz CT molecular complexity index is 1610. The molecule has 4 rings (SSSR count). The standard InChI is InChI=1S/C28H29N5O4/c1-15(2)32-14-17(4)25-22(27(35)30-13-23-16(3)10-18(5)33(29)28(23)36)11-21(12-24(25)32)19-6-8-20(9-7-19)26(34)31-37/h6-12,14-15H,13,29H2,1-5H3,(H,30,35). The van der Waals surface area contributed by atoms with Crippen molar-refractivity contribution in [1.29, 1.82) is 0 Å². The second-order valence-electron chi connectivity index (χ2n) is 9.51. The molecular weight excluding hydrogens is 470 g/mol. The molecule has 0 unspecified atom stereocenters. The Hall–Kier alpha value is -4.53. The summed E-state index contributed by atoms with van der Waals surface area (Å²) in [6.07, 6.45) is 2.02. The third kappa shape index (κ3) is 4.67. The number of pyridine rings is 1. The van der Waals surface area contributed by atoms with E-state index in [1.54, 1.807) is 25.1 Å². The molecule has 0 radical (unpaired) electrons. The Balaban J connectivity index is 1.80. The van der Waals surface area contributed by atoms with Crippen LogP contribution in [0.5, 0.6) is 0 Å². The number of carbonyl (C=O) groups excluding carboxylic acids is 2. The molecule has 0 aliphatic heterocycles. The van der Waals surface area contributed by atoms with Crippen molar-refractivity contribution in [2.24, 2.45) is 5.18 Å². The van der Waals surface area contributed by atoms with Crippen LogP contribution in [0.25, 0.3) is 22.0 Å². The topological polar surface area (TPSA) is 129 Å². The second-order valence-corrected chi connectivity index (χ2v) is 9.51. The van der Waals surface area contributed by atoms with Crippen LogP contribution in [0.15, 0.2) is 58.6 Å². The van der Waals surface area contributed by atoms with Gasteiger partial charge in [0.05, 0.1) is 0 Å². The SMILES string of the molecule is Cc1cc(C)n(N)c(=O)c1CNC(=O)c1cc(-c2ccc(C(=O)N=O)cc2)cc2c1c(C)cn2C(C)C.